The fourth-order valence-electron chi connectivity index (χ4n) is 2.00. The maximum absolute atomic E-state index is 12.5. The smallest absolute Gasteiger partial charge is 0.475 e. The maximum atomic E-state index is 12.5. The first-order valence-electron chi connectivity index (χ1n) is 7.21. The lowest BCUT2D eigenvalue weighted by Gasteiger charge is -2.08. The first-order chi connectivity index (χ1) is 12.9. The van der Waals surface area contributed by atoms with Gasteiger partial charge in [-0.1, -0.05) is 0 Å². The molecule has 3 rings (SSSR count). The number of aliphatic carboxylic acids is 1. The second kappa shape index (κ2) is 7.66. The van der Waals surface area contributed by atoms with Gasteiger partial charge in [0.15, 0.2) is 0 Å². The third-order valence-corrected chi connectivity index (χ3v) is 3.26. The van der Waals surface area contributed by atoms with Crippen LogP contribution < -0.4 is 5.56 Å². The summed E-state index contributed by atoms with van der Waals surface area (Å²) in [6, 6.07) is 5.41. The minimum absolute atomic E-state index is 0.308. The normalized spacial score (nSPS) is 11.6. The first-order valence-corrected chi connectivity index (χ1v) is 7.21. The van der Waals surface area contributed by atoms with Crippen molar-refractivity contribution in [2.45, 2.75) is 12.4 Å². The molecule has 0 bridgehead atoms. The van der Waals surface area contributed by atoms with Gasteiger partial charge in [-0.2, -0.15) is 26.3 Å². The predicted octanol–water partition coefficient (Wildman–Crippen LogP) is 3.64. The molecule has 0 aromatic carbocycles. The van der Waals surface area contributed by atoms with Gasteiger partial charge < -0.3 is 10.1 Å². The summed E-state index contributed by atoms with van der Waals surface area (Å²) in [6.07, 6.45) is -5.85. The highest BCUT2D eigenvalue weighted by Crippen LogP contribution is 2.30. The summed E-state index contributed by atoms with van der Waals surface area (Å²) in [4.78, 5) is 31.0. The molecule has 0 spiro atoms. The van der Waals surface area contributed by atoms with Crippen molar-refractivity contribution >= 4 is 16.9 Å². The van der Waals surface area contributed by atoms with E-state index >= 15 is 0 Å². The van der Waals surface area contributed by atoms with Gasteiger partial charge in [-0.3, -0.25) is 14.8 Å². The van der Waals surface area contributed by atoms with E-state index in [9.17, 15) is 31.1 Å². The molecule has 0 saturated carbocycles. The minimum atomic E-state index is -5.08. The Morgan fingerprint density at radius 1 is 1.04 bits per heavy atom. The molecule has 3 aromatic rings. The summed E-state index contributed by atoms with van der Waals surface area (Å²) < 4.78 is 69.3. The van der Waals surface area contributed by atoms with Crippen LogP contribution in [0.2, 0.25) is 0 Å². The number of hydrogen-bond acceptors (Lipinski definition) is 4. The monoisotopic (exact) mass is 405 g/mol. The van der Waals surface area contributed by atoms with E-state index in [-0.39, 0.29) is 5.56 Å². The van der Waals surface area contributed by atoms with E-state index in [1.165, 1.54) is 18.5 Å². The van der Waals surface area contributed by atoms with Crippen LogP contribution in [0.3, 0.4) is 0 Å². The molecule has 3 aromatic heterocycles. The van der Waals surface area contributed by atoms with Crippen LogP contribution in [-0.2, 0) is 11.0 Å². The molecule has 3 heterocycles. The van der Waals surface area contributed by atoms with Crippen molar-refractivity contribution in [3.63, 3.8) is 0 Å². The summed E-state index contributed by atoms with van der Waals surface area (Å²) in [6.45, 7) is 0. The first kappa shape index (κ1) is 20.9. The Bertz CT molecular complexity index is 1040. The van der Waals surface area contributed by atoms with Gasteiger partial charge in [-0.05, 0) is 24.3 Å². The largest absolute Gasteiger partial charge is 0.490 e. The molecular weight excluding hydrogens is 396 g/mol. The minimum Gasteiger partial charge on any atom is -0.475 e. The summed E-state index contributed by atoms with van der Waals surface area (Å²) in [5, 5.41) is 7.48. The standard InChI is InChI=1S/C14H8F3N3O.C2HF3O2/c15-14(16,17)8-3-4-11(19-6-8)10-7-20-13(21)9-2-1-5-18-12(9)10;3-2(4,5)1(6)7/h1-7H,(H,20,21);(H,6,7). The molecule has 0 saturated heterocycles. The summed E-state index contributed by atoms with van der Waals surface area (Å²) >= 11 is 0. The number of hydrogen-bond donors (Lipinski definition) is 2. The lowest BCUT2D eigenvalue weighted by molar-refractivity contribution is -0.192. The van der Waals surface area contributed by atoms with Gasteiger partial charge in [0.25, 0.3) is 5.56 Å². The van der Waals surface area contributed by atoms with Crippen molar-refractivity contribution in [2.75, 3.05) is 0 Å². The molecule has 0 amide bonds. The Hall–Kier alpha value is -3.44. The van der Waals surface area contributed by atoms with Crippen LogP contribution in [0.5, 0.6) is 0 Å². The number of carboxylic acids is 1. The molecule has 12 heteroatoms. The second-order valence-electron chi connectivity index (χ2n) is 5.16. The Morgan fingerprint density at radius 2 is 1.68 bits per heavy atom. The number of rotatable bonds is 1. The number of nitrogens with one attached hydrogen (secondary N) is 1. The van der Waals surface area contributed by atoms with Crippen LogP contribution in [0.25, 0.3) is 22.2 Å². The van der Waals surface area contributed by atoms with E-state index in [0.29, 0.717) is 22.2 Å². The summed E-state index contributed by atoms with van der Waals surface area (Å²) in [5.74, 6) is -2.76. The van der Waals surface area contributed by atoms with Gasteiger partial charge >= 0.3 is 18.3 Å². The van der Waals surface area contributed by atoms with E-state index in [4.69, 9.17) is 9.90 Å². The zero-order valence-electron chi connectivity index (χ0n) is 13.5. The molecule has 0 unspecified atom stereocenters. The number of aromatic nitrogens is 3. The van der Waals surface area contributed by atoms with Crippen molar-refractivity contribution < 1.29 is 36.2 Å². The molecular formula is C16H9F6N3O3. The quantitative estimate of drug-likeness (QED) is 0.603. The number of aromatic amines is 1. The number of carbonyl (C=O) groups is 1. The van der Waals surface area contributed by atoms with Crippen molar-refractivity contribution in [3.05, 3.63) is 58.8 Å². The molecule has 0 aliphatic rings. The van der Waals surface area contributed by atoms with Gasteiger partial charge in [0, 0.05) is 24.2 Å². The lowest BCUT2D eigenvalue weighted by Crippen LogP contribution is -2.21. The molecule has 0 fully saturated rings. The summed E-state index contributed by atoms with van der Waals surface area (Å²) in [7, 11) is 0. The molecule has 6 nitrogen and oxygen atoms in total. The van der Waals surface area contributed by atoms with E-state index in [0.717, 1.165) is 12.3 Å². The number of carboxylic acid groups (broad SMARTS) is 1. The average molecular weight is 405 g/mol. The molecule has 0 aliphatic heterocycles. The fourth-order valence-corrected chi connectivity index (χ4v) is 2.00. The average Bonchev–Trinajstić information content (AvgIpc) is 2.61. The van der Waals surface area contributed by atoms with Crippen LogP contribution in [-0.4, -0.2) is 32.2 Å². The molecule has 2 N–H and O–H groups in total. The SMILES string of the molecule is O=C(O)C(F)(F)F.O=c1[nH]cc(-c2ccc(C(F)(F)F)cn2)c2ncccc12. The van der Waals surface area contributed by atoms with Gasteiger partial charge in [0.1, 0.15) is 0 Å². The van der Waals surface area contributed by atoms with Gasteiger partial charge in [-0.25, -0.2) is 4.79 Å². The Morgan fingerprint density at radius 3 is 2.18 bits per heavy atom. The number of alkyl halides is 6. The van der Waals surface area contributed by atoms with Crippen molar-refractivity contribution in [1.82, 2.24) is 15.0 Å². The highest BCUT2D eigenvalue weighted by molar-refractivity contribution is 5.91. The number of nitrogens with zero attached hydrogens (tertiary/aromatic N) is 2. The number of pyridine rings is 3. The maximum Gasteiger partial charge on any atom is 0.490 e. The fraction of sp³-hybridized carbons (Fsp3) is 0.125. The van der Waals surface area contributed by atoms with Crippen molar-refractivity contribution in [3.8, 4) is 11.3 Å². The van der Waals surface area contributed by atoms with Crippen molar-refractivity contribution in [2.24, 2.45) is 0 Å². The lowest BCUT2D eigenvalue weighted by atomic mass is 10.1. The third kappa shape index (κ3) is 4.84. The number of halogens is 6. The molecule has 28 heavy (non-hydrogen) atoms. The van der Waals surface area contributed by atoms with E-state index in [2.05, 4.69) is 15.0 Å². The molecule has 0 radical (unpaired) electrons. The molecule has 0 aliphatic carbocycles. The van der Waals surface area contributed by atoms with E-state index in [1.807, 2.05) is 0 Å². The van der Waals surface area contributed by atoms with Crippen LogP contribution >= 0.6 is 0 Å². The summed E-state index contributed by atoms with van der Waals surface area (Å²) in [5.41, 5.74) is 0.0390. The van der Waals surface area contributed by atoms with Gasteiger partial charge in [-0.15, -0.1) is 0 Å². The highest BCUT2D eigenvalue weighted by atomic mass is 19.4. The zero-order valence-corrected chi connectivity index (χ0v) is 13.5. The Kier molecular flexibility index (Phi) is 5.71. The van der Waals surface area contributed by atoms with Crippen LogP contribution in [0.1, 0.15) is 5.56 Å². The van der Waals surface area contributed by atoms with Gasteiger partial charge in [0.05, 0.1) is 22.2 Å². The zero-order chi connectivity index (χ0) is 21.1. The van der Waals surface area contributed by atoms with Crippen LogP contribution in [0.15, 0.2) is 47.7 Å². The highest BCUT2D eigenvalue weighted by Gasteiger charge is 2.38. The third-order valence-electron chi connectivity index (χ3n) is 3.26. The van der Waals surface area contributed by atoms with Crippen molar-refractivity contribution in [1.29, 1.82) is 0 Å². The van der Waals surface area contributed by atoms with Crippen LogP contribution in [0, 0.1) is 0 Å². The van der Waals surface area contributed by atoms with E-state index in [1.54, 1.807) is 12.1 Å². The number of fused-ring (bicyclic) bond motifs is 1. The van der Waals surface area contributed by atoms with Gasteiger partial charge in [0.2, 0.25) is 0 Å². The Labute approximate surface area is 151 Å². The number of H-pyrrole nitrogens is 1. The Balaban J connectivity index is 0.000000345. The molecule has 0 atom stereocenters. The topological polar surface area (TPSA) is 95.9 Å². The second-order valence-corrected chi connectivity index (χ2v) is 5.16. The predicted molar refractivity (Wildman–Crippen MR) is 84.3 cm³/mol. The van der Waals surface area contributed by atoms with E-state index < -0.39 is 23.9 Å². The van der Waals surface area contributed by atoms with Crippen LogP contribution in [0.4, 0.5) is 26.3 Å². The molecule has 148 valence electrons.